The van der Waals surface area contributed by atoms with Crippen molar-refractivity contribution in [3.05, 3.63) is 0 Å². The quantitative estimate of drug-likeness (QED) is 0.336. The second-order valence-electron chi connectivity index (χ2n) is 5.89. The van der Waals surface area contributed by atoms with Gasteiger partial charge in [-0.2, -0.15) is 0 Å². The molecule has 0 N–H and O–H groups in total. The summed E-state index contributed by atoms with van der Waals surface area (Å²) in [6.07, 6.45) is 8.73. The van der Waals surface area contributed by atoms with Gasteiger partial charge in [-0.25, -0.2) is 0 Å². The maximum atomic E-state index is 11.5. The number of ether oxygens (including phenoxy) is 1. The fourth-order valence-electron chi connectivity index (χ4n) is 2.87. The van der Waals surface area contributed by atoms with E-state index in [9.17, 15) is 4.79 Å². The van der Waals surface area contributed by atoms with Gasteiger partial charge in [0.25, 0.3) is 0 Å². The molecule has 0 aromatic rings. The van der Waals surface area contributed by atoms with Crippen LogP contribution in [0.4, 0.5) is 0 Å². The molecule has 0 saturated heterocycles. The zero-order valence-electron chi connectivity index (χ0n) is 13.6. The summed E-state index contributed by atoms with van der Waals surface area (Å²) in [5.41, 5.74) is 0. The molecule has 0 aliphatic heterocycles. The number of unbranched alkanes of at least 4 members (excludes halogenated alkanes) is 3. The molecule has 0 aliphatic rings. The fraction of sp³-hybridized carbons (Fsp3) is 0.938. The first-order valence-corrected chi connectivity index (χ1v) is 16.3. The first kappa shape index (κ1) is 19.3. The Morgan fingerprint density at radius 2 is 1.26 bits per heavy atom. The molecule has 3 heteroatoms. The third-order valence-corrected chi connectivity index (χ3v) is 20.1. The number of carbonyl (C=O) groups is 1. The fourth-order valence-corrected chi connectivity index (χ4v) is 18.7. The van der Waals surface area contributed by atoms with Crippen molar-refractivity contribution in [1.29, 1.82) is 0 Å². The number of esters is 1. The van der Waals surface area contributed by atoms with Crippen molar-refractivity contribution in [2.75, 3.05) is 7.11 Å². The summed E-state index contributed by atoms with van der Waals surface area (Å²) >= 11 is -2.07. The molecular weight excluding hydrogens is 343 g/mol. The van der Waals surface area contributed by atoms with Gasteiger partial charge in [0.2, 0.25) is 0 Å². The molecule has 0 fully saturated rings. The van der Waals surface area contributed by atoms with Crippen LogP contribution in [0.15, 0.2) is 0 Å². The molecule has 0 aromatic carbocycles. The predicted molar refractivity (Wildman–Crippen MR) is 86.3 cm³/mol. The van der Waals surface area contributed by atoms with Gasteiger partial charge in [-0.3, -0.25) is 0 Å². The van der Waals surface area contributed by atoms with E-state index < -0.39 is 18.4 Å². The van der Waals surface area contributed by atoms with Crippen LogP contribution in [0.2, 0.25) is 17.7 Å². The molecule has 114 valence electrons. The topological polar surface area (TPSA) is 26.3 Å². The standard InChI is InChI=1S/C4H7O2.3C4H9.Sn/c1-3-4(5)6-2;3*1-3-4-2;/h1,3H2,2H3;3*1,3-4H2,2H3;. The van der Waals surface area contributed by atoms with Crippen LogP contribution in [0, 0.1) is 0 Å². The van der Waals surface area contributed by atoms with E-state index >= 15 is 0 Å². The Morgan fingerprint density at radius 3 is 1.58 bits per heavy atom. The summed E-state index contributed by atoms with van der Waals surface area (Å²) in [4.78, 5) is 11.5. The van der Waals surface area contributed by atoms with Gasteiger partial charge >= 0.3 is 124 Å². The van der Waals surface area contributed by atoms with Crippen molar-refractivity contribution in [2.45, 2.75) is 83.5 Å². The second kappa shape index (κ2) is 12.0. The van der Waals surface area contributed by atoms with E-state index in [2.05, 4.69) is 20.8 Å². The summed E-state index contributed by atoms with van der Waals surface area (Å²) in [6, 6.07) is 0. The van der Waals surface area contributed by atoms with Crippen molar-refractivity contribution in [1.82, 2.24) is 0 Å². The van der Waals surface area contributed by atoms with Crippen molar-refractivity contribution >= 4 is 24.3 Å². The SMILES string of the molecule is CCC[CH2][Sn]([CH2]CCC)([CH2]CCC)[CH2]CC(=O)OC. The third kappa shape index (κ3) is 8.93. The molecule has 0 rings (SSSR count). The van der Waals surface area contributed by atoms with Gasteiger partial charge in [0.1, 0.15) is 0 Å². The Balaban J connectivity index is 4.60. The van der Waals surface area contributed by atoms with Crippen LogP contribution in [-0.2, 0) is 9.53 Å². The van der Waals surface area contributed by atoms with E-state index in [0.29, 0.717) is 6.42 Å². The van der Waals surface area contributed by atoms with Crippen LogP contribution in [0.3, 0.4) is 0 Å². The molecule has 2 nitrogen and oxygen atoms in total. The number of carbonyl (C=O) groups excluding carboxylic acids is 1. The zero-order chi connectivity index (χ0) is 14.6. The zero-order valence-corrected chi connectivity index (χ0v) is 16.4. The molecule has 0 saturated carbocycles. The van der Waals surface area contributed by atoms with Gasteiger partial charge in [0.15, 0.2) is 0 Å². The predicted octanol–water partition coefficient (Wildman–Crippen LogP) is 5.40. The van der Waals surface area contributed by atoms with E-state index in [4.69, 9.17) is 4.74 Å². The number of hydrogen-bond acceptors (Lipinski definition) is 2. The second-order valence-corrected chi connectivity index (χ2v) is 20.2. The maximum absolute atomic E-state index is 11.5. The molecule has 0 bridgehead atoms. The van der Waals surface area contributed by atoms with E-state index in [1.54, 1.807) is 0 Å². The van der Waals surface area contributed by atoms with E-state index in [1.165, 1.54) is 63.4 Å². The van der Waals surface area contributed by atoms with Gasteiger partial charge in [-0.05, 0) is 0 Å². The van der Waals surface area contributed by atoms with Gasteiger partial charge in [-0.1, -0.05) is 0 Å². The Morgan fingerprint density at radius 1 is 0.842 bits per heavy atom. The van der Waals surface area contributed by atoms with Gasteiger partial charge in [0, 0.05) is 0 Å². The molecule has 0 unspecified atom stereocenters. The average molecular weight is 377 g/mol. The summed E-state index contributed by atoms with van der Waals surface area (Å²) in [5.74, 6) is 0.00516. The van der Waals surface area contributed by atoms with Gasteiger partial charge in [0.05, 0.1) is 0 Å². The van der Waals surface area contributed by atoms with Crippen molar-refractivity contribution in [3.8, 4) is 0 Å². The molecule has 0 aliphatic carbocycles. The molecular formula is C16H34O2Sn. The van der Waals surface area contributed by atoms with Crippen LogP contribution in [-0.4, -0.2) is 31.5 Å². The molecule has 0 heterocycles. The summed E-state index contributed by atoms with van der Waals surface area (Å²) in [7, 11) is 1.52. The minimum absolute atomic E-state index is 0.00516. The monoisotopic (exact) mass is 378 g/mol. The van der Waals surface area contributed by atoms with Crippen LogP contribution >= 0.6 is 0 Å². The first-order chi connectivity index (χ1) is 9.14. The van der Waals surface area contributed by atoms with Crippen LogP contribution in [0.25, 0.3) is 0 Å². The molecule has 0 amide bonds. The Labute approximate surface area is 124 Å². The first-order valence-electron chi connectivity index (χ1n) is 8.21. The van der Waals surface area contributed by atoms with Crippen LogP contribution in [0.5, 0.6) is 0 Å². The molecule has 0 radical (unpaired) electrons. The number of methoxy groups -OCH3 is 1. The number of hydrogen-bond donors (Lipinski definition) is 0. The van der Waals surface area contributed by atoms with Crippen molar-refractivity contribution in [2.24, 2.45) is 0 Å². The Kier molecular flexibility index (Phi) is 12.2. The van der Waals surface area contributed by atoms with Gasteiger partial charge in [-0.15, -0.1) is 0 Å². The van der Waals surface area contributed by atoms with E-state index in [-0.39, 0.29) is 5.97 Å². The molecule has 0 spiro atoms. The minimum atomic E-state index is -2.07. The van der Waals surface area contributed by atoms with Crippen LogP contribution in [0.1, 0.15) is 65.7 Å². The van der Waals surface area contributed by atoms with E-state index in [1.807, 2.05) is 0 Å². The average Bonchev–Trinajstić information content (AvgIpc) is 2.45. The van der Waals surface area contributed by atoms with Crippen molar-refractivity contribution < 1.29 is 9.53 Å². The third-order valence-electron chi connectivity index (χ3n) is 4.27. The summed E-state index contributed by atoms with van der Waals surface area (Å²) in [5, 5.41) is 0. The molecule has 0 aromatic heterocycles. The van der Waals surface area contributed by atoms with Gasteiger partial charge < -0.3 is 0 Å². The van der Waals surface area contributed by atoms with Crippen LogP contribution < -0.4 is 0 Å². The Hall–Kier alpha value is 0.269. The molecule has 19 heavy (non-hydrogen) atoms. The number of rotatable bonds is 12. The van der Waals surface area contributed by atoms with Crippen molar-refractivity contribution in [3.63, 3.8) is 0 Å². The summed E-state index contributed by atoms with van der Waals surface area (Å²) < 4.78 is 10.5. The Bertz CT molecular complexity index is 207. The normalized spacial score (nSPS) is 11.6. The van der Waals surface area contributed by atoms with E-state index in [0.717, 1.165) is 0 Å². The summed E-state index contributed by atoms with van der Waals surface area (Å²) in [6.45, 7) is 6.86. The molecule has 0 atom stereocenters.